The van der Waals surface area contributed by atoms with Crippen LogP contribution in [-0.4, -0.2) is 6.54 Å². The second-order valence-electron chi connectivity index (χ2n) is 5.14. The summed E-state index contributed by atoms with van der Waals surface area (Å²) in [5, 5.41) is 0. The van der Waals surface area contributed by atoms with E-state index in [2.05, 4.69) is 0 Å². The van der Waals surface area contributed by atoms with Gasteiger partial charge in [0.2, 0.25) is 0 Å². The van der Waals surface area contributed by atoms with Crippen molar-refractivity contribution in [1.82, 2.24) is 0 Å². The van der Waals surface area contributed by atoms with Gasteiger partial charge in [0.1, 0.15) is 11.6 Å². The third-order valence-corrected chi connectivity index (χ3v) is 3.55. The van der Waals surface area contributed by atoms with E-state index >= 15 is 0 Å². The molecule has 0 aliphatic rings. The van der Waals surface area contributed by atoms with E-state index in [4.69, 9.17) is 5.73 Å². The predicted octanol–water partition coefficient (Wildman–Crippen LogP) is 4.45. The molecule has 2 aromatic carbocycles. The Hall–Kier alpha value is -1.94. The SMILES string of the molecule is CCN(c1ccccc1F)c1cc(C)c(F)cc1[C@@H](C)N. The number of anilines is 2. The highest BCUT2D eigenvalue weighted by molar-refractivity contribution is 5.68. The zero-order valence-corrected chi connectivity index (χ0v) is 12.5. The second kappa shape index (κ2) is 6.22. The van der Waals surface area contributed by atoms with Crippen molar-refractivity contribution < 1.29 is 8.78 Å². The zero-order valence-electron chi connectivity index (χ0n) is 12.5. The Balaban J connectivity index is 2.62. The Labute approximate surface area is 124 Å². The average molecular weight is 290 g/mol. The Kier molecular flexibility index (Phi) is 4.58. The first-order valence-corrected chi connectivity index (χ1v) is 7.03. The average Bonchev–Trinajstić information content (AvgIpc) is 2.44. The van der Waals surface area contributed by atoms with Gasteiger partial charge in [0.25, 0.3) is 0 Å². The molecule has 0 radical (unpaired) electrons. The molecule has 0 heterocycles. The minimum absolute atomic E-state index is 0.296. The molecule has 2 nitrogen and oxygen atoms in total. The van der Waals surface area contributed by atoms with E-state index < -0.39 is 0 Å². The number of halogens is 2. The molecule has 0 saturated heterocycles. The lowest BCUT2D eigenvalue weighted by Crippen LogP contribution is -2.21. The monoisotopic (exact) mass is 290 g/mol. The van der Waals surface area contributed by atoms with Crippen LogP contribution in [0.3, 0.4) is 0 Å². The number of benzene rings is 2. The molecule has 0 fully saturated rings. The summed E-state index contributed by atoms with van der Waals surface area (Å²) < 4.78 is 27.9. The molecule has 0 unspecified atom stereocenters. The molecular weight excluding hydrogens is 270 g/mol. The molecule has 2 aromatic rings. The van der Waals surface area contributed by atoms with E-state index in [1.54, 1.807) is 38.1 Å². The Bertz CT molecular complexity index is 639. The topological polar surface area (TPSA) is 29.3 Å². The van der Waals surface area contributed by atoms with Crippen LogP contribution in [0.25, 0.3) is 0 Å². The smallest absolute Gasteiger partial charge is 0.146 e. The van der Waals surface area contributed by atoms with Gasteiger partial charge in [0.15, 0.2) is 0 Å². The van der Waals surface area contributed by atoms with Crippen molar-refractivity contribution in [3.8, 4) is 0 Å². The van der Waals surface area contributed by atoms with Gasteiger partial charge in [-0.25, -0.2) is 8.78 Å². The predicted molar refractivity (Wildman–Crippen MR) is 82.8 cm³/mol. The van der Waals surface area contributed by atoms with Gasteiger partial charge in [-0.05, 0) is 56.2 Å². The fourth-order valence-electron chi connectivity index (χ4n) is 2.42. The van der Waals surface area contributed by atoms with Crippen LogP contribution in [0, 0.1) is 18.6 Å². The van der Waals surface area contributed by atoms with Gasteiger partial charge in [-0.1, -0.05) is 12.1 Å². The molecule has 0 bridgehead atoms. The summed E-state index contributed by atoms with van der Waals surface area (Å²) in [6.07, 6.45) is 0. The number of para-hydroxylation sites is 1. The van der Waals surface area contributed by atoms with Crippen LogP contribution in [-0.2, 0) is 0 Å². The quantitative estimate of drug-likeness (QED) is 0.901. The zero-order chi connectivity index (χ0) is 15.6. The minimum atomic E-state index is -0.337. The van der Waals surface area contributed by atoms with Crippen LogP contribution < -0.4 is 10.6 Å². The van der Waals surface area contributed by atoms with Crippen molar-refractivity contribution in [2.24, 2.45) is 5.73 Å². The third kappa shape index (κ3) is 3.05. The number of hydrogen-bond donors (Lipinski definition) is 1. The fraction of sp³-hybridized carbons (Fsp3) is 0.294. The van der Waals surface area contributed by atoms with Gasteiger partial charge in [0.05, 0.1) is 5.69 Å². The van der Waals surface area contributed by atoms with Gasteiger partial charge in [-0.2, -0.15) is 0 Å². The van der Waals surface area contributed by atoms with Crippen molar-refractivity contribution in [3.05, 3.63) is 59.2 Å². The number of nitrogens with zero attached hydrogens (tertiary/aromatic N) is 1. The first-order valence-electron chi connectivity index (χ1n) is 7.03. The summed E-state index contributed by atoms with van der Waals surface area (Å²) in [6.45, 7) is 5.98. The molecule has 0 aromatic heterocycles. The summed E-state index contributed by atoms with van der Waals surface area (Å²) in [4.78, 5) is 1.82. The molecule has 1 atom stereocenters. The van der Waals surface area contributed by atoms with Gasteiger partial charge in [-0.15, -0.1) is 0 Å². The molecule has 2 rings (SSSR count). The highest BCUT2D eigenvalue weighted by atomic mass is 19.1. The number of hydrogen-bond acceptors (Lipinski definition) is 2. The molecule has 112 valence electrons. The van der Waals surface area contributed by atoms with Gasteiger partial charge in [-0.3, -0.25) is 0 Å². The Morgan fingerprint density at radius 3 is 2.33 bits per heavy atom. The molecule has 0 amide bonds. The first-order chi connectivity index (χ1) is 9.95. The van der Waals surface area contributed by atoms with Crippen molar-refractivity contribution in [2.45, 2.75) is 26.8 Å². The lowest BCUT2D eigenvalue weighted by Gasteiger charge is -2.28. The fourth-order valence-corrected chi connectivity index (χ4v) is 2.42. The van der Waals surface area contributed by atoms with E-state index in [9.17, 15) is 8.78 Å². The van der Waals surface area contributed by atoms with Gasteiger partial charge >= 0.3 is 0 Å². The lowest BCUT2D eigenvalue weighted by molar-refractivity contribution is 0.612. The van der Waals surface area contributed by atoms with E-state index in [1.165, 1.54) is 12.1 Å². The Morgan fingerprint density at radius 2 is 1.76 bits per heavy atom. The molecule has 4 heteroatoms. The molecule has 0 saturated carbocycles. The summed E-state index contributed by atoms with van der Waals surface area (Å²) in [7, 11) is 0. The van der Waals surface area contributed by atoms with Crippen molar-refractivity contribution in [2.75, 3.05) is 11.4 Å². The molecule has 0 aliphatic heterocycles. The summed E-state index contributed by atoms with van der Waals surface area (Å²) in [6, 6.07) is 9.39. The highest BCUT2D eigenvalue weighted by Crippen LogP contribution is 2.34. The van der Waals surface area contributed by atoms with Crippen LogP contribution in [0.1, 0.15) is 31.0 Å². The van der Waals surface area contributed by atoms with Crippen LogP contribution in [0.5, 0.6) is 0 Å². The number of nitrogens with two attached hydrogens (primary N) is 1. The third-order valence-electron chi connectivity index (χ3n) is 3.55. The maximum atomic E-state index is 14.1. The number of rotatable bonds is 4. The van der Waals surface area contributed by atoms with Crippen LogP contribution in [0.2, 0.25) is 0 Å². The lowest BCUT2D eigenvalue weighted by atomic mass is 10.0. The second-order valence-corrected chi connectivity index (χ2v) is 5.14. The van der Waals surface area contributed by atoms with Crippen molar-refractivity contribution in [3.63, 3.8) is 0 Å². The van der Waals surface area contributed by atoms with E-state index in [1.807, 2.05) is 11.8 Å². The maximum absolute atomic E-state index is 14.1. The number of aryl methyl sites for hydroxylation is 1. The van der Waals surface area contributed by atoms with Gasteiger partial charge in [0, 0.05) is 18.3 Å². The van der Waals surface area contributed by atoms with Crippen molar-refractivity contribution in [1.29, 1.82) is 0 Å². The van der Waals surface area contributed by atoms with Crippen LogP contribution in [0.15, 0.2) is 36.4 Å². The molecular formula is C17H20F2N2. The maximum Gasteiger partial charge on any atom is 0.146 e. The van der Waals surface area contributed by atoms with Crippen LogP contribution >= 0.6 is 0 Å². The standard InChI is InChI=1S/C17H20F2N2/c1-4-21(16-8-6-5-7-14(16)18)17-9-11(2)15(19)10-13(17)12(3)20/h5-10,12H,4,20H2,1-3H3/t12-/m1/s1. The molecule has 0 aliphatic carbocycles. The summed E-state index contributed by atoms with van der Waals surface area (Å²) in [5.41, 5.74) is 8.35. The summed E-state index contributed by atoms with van der Waals surface area (Å²) >= 11 is 0. The van der Waals surface area contributed by atoms with Crippen LogP contribution in [0.4, 0.5) is 20.2 Å². The largest absolute Gasteiger partial charge is 0.339 e. The van der Waals surface area contributed by atoms with Crippen molar-refractivity contribution >= 4 is 11.4 Å². The van der Waals surface area contributed by atoms with E-state index in [-0.39, 0.29) is 17.7 Å². The highest BCUT2D eigenvalue weighted by Gasteiger charge is 2.18. The van der Waals surface area contributed by atoms with Gasteiger partial charge < -0.3 is 10.6 Å². The first kappa shape index (κ1) is 15.4. The minimum Gasteiger partial charge on any atom is -0.339 e. The Morgan fingerprint density at radius 1 is 1.10 bits per heavy atom. The molecule has 21 heavy (non-hydrogen) atoms. The molecule has 0 spiro atoms. The molecule has 2 N–H and O–H groups in total. The normalized spacial score (nSPS) is 12.3. The van der Waals surface area contributed by atoms with E-state index in [0.29, 0.717) is 23.4 Å². The van der Waals surface area contributed by atoms with E-state index in [0.717, 1.165) is 5.69 Å². The summed E-state index contributed by atoms with van der Waals surface area (Å²) in [5.74, 6) is -0.604.